The van der Waals surface area contributed by atoms with Gasteiger partial charge in [0.05, 0.1) is 11.0 Å². The summed E-state index contributed by atoms with van der Waals surface area (Å²) in [4.78, 5) is 5.53. The van der Waals surface area contributed by atoms with Gasteiger partial charge in [-0.2, -0.15) is 0 Å². The van der Waals surface area contributed by atoms with Crippen LogP contribution in [0.2, 0.25) is 0 Å². The predicted octanol–water partition coefficient (Wildman–Crippen LogP) is 3.07. The molecule has 1 N–H and O–H groups in total. The molecule has 1 unspecified atom stereocenters. The van der Waals surface area contributed by atoms with Gasteiger partial charge in [-0.15, -0.1) is 11.3 Å². The van der Waals surface area contributed by atoms with Crippen molar-refractivity contribution in [2.24, 2.45) is 0 Å². The third kappa shape index (κ3) is 2.93. The van der Waals surface area contributed by atoms with Gasteiger partial charge in [-0.3, -0.25) is 0 Å². The van der Waals surface area contributed by atoms with Crippen LogP contribution in [0.3, 0.4) is 0 Å². The molecule has 0 fully saturated rings. The Labute approximate surface area is 90.1 Å². The van der Waals surface area contributed by atoms with E-state index in [0.29, 0.717) is 0 Å². The maximum Gasteiger partial charge on any atom is 0.0897 e. The zero-order chi connectivity index (χ0) is 10.6. The minimum Gasteiger partial charge on any atom is -0.306 e. The van der Waals surface area contributed by atoms with Crippen molar-refractivity contribution < 1.29 is 0 Å². The van der Waals surface area contributed by atoms with Crippen LogP contribution in [0, 0.1) is 6.92 Å². The molecule has 1 aromatic rings. The average Bonchev–Trinajstić information content (AvgIpc) is 2.52. The van der Waals surface area contributed by atoms with E-state index in [-0.39, 0.29) is 6.04 Å². The molecule has 0 aliphatic rings. The van der Waals surface area contributed by atoms with Gasteiger partial charge in [0.1, 0.15) is 0 Å². The zero-order valence-corrected chi connectivity index (χ0v) is 9.95. The molecule has 1 atom stereocenters. The van der Waals surface area contributed by atoms with Crippen molar-refractivity contribution >= 4 is 11.3 Å². The smallest absolute Gasteiger partial charge is 0.0897 e. The summed E-state index contributed by atoms with van der Waals surface area (Å²) < 4.78 is 0. The second-order valence-electron chi connectivity index (χ2n) is 3.52. The highest BCUT2D eigenvalue weighted by Crippen LogP contribution is 2.25. The summed E-state index contributed by atoms with van der Waals surface area (Å²) in [6.07, 6.45) is 3.09. The second kappa shape index (κ2) is 5.27. The Bertz CT molecular complexity index is 304. The molecular weight excluding hydrogens is 192 g/mol. The summed E-state index contributed by atoms with van der Waals surface area (Å²) in [6, 6.07) is 0.279. The van der Waals surface area contributed by atoms with E-state index in [2.05, 4.69) is 30.7 Å². The maximum atomic E-state index is 4.27. The largest absolute Gasteiger partial charge is 0.306 e. The van der Waals surface area contributed by atoms with Gasteiger partial charge in [-0.05, 0) is 26.8 Å². The predicted molar refractivity (Wildman–Crippen MR) is 62.7 cm³/mol. The van der Waals surface area contributed by atoms with E-state index in [9.17, 15) is 0 Å². The van der Waals surface area contributed by atoms with Crippen molar-refractivity contribution in [2.45, 2.75) is 33.2 Å². The number of thiazole rings is 1. The molecule has 1 heterocycles. The fraction of sp³-hybridized carbons (Fsp3) is 0.545. The molecule has 2 nitrogen and oxygen atoms in total. The molecule has 0 saturated carbocycles. The van der Waals surface area contributed by atoms with Crippen LogP contribution in [0.25, 0.3) is 0 Å². The van der Waals surface area contributed by atoms with E-state index in [0.717, 1.165) is 23.5 Å². The van der Waals surface area contributed by atoms with Crippen molar-refractivity contribution in [1.29, 1.82) is 0 Å². The van der Waals surface area contributed by atoms with E-state index >= 15 is 0 Å². The van der Waals surface area contributed by atoms with Gasteiger partial charge in [0.15, 0.2) is 0 Å². The van der Waals surface area contributed by atoms with Gasteiger partial charge in [-0.25, -0.2) is 4.98 Å². The summed E-state index contributed by atoms with van der Waals surface area (Å²) in [5, 5.41) is 4.58. The van der Waals surface area contributed by atoms with Gasteiger partial charge in [-0.1, -0.05) is 19.1 Å². The van der Waals surface area contributed by atoms with Crippen LogP contribution >= 0.6 is 11.3 Å². The molecule has 3 heteroatoms. The normalized spacial score (nSPS) is 12.8. The Morgan fingerprint density at radius 3 is 2.86 bits per heavy atom. The van der Waals surface area contributed by atoms with Crippen molar-refractivity contribution in [3.63, 3.8) is 0 Å². The summed E-state index contributed by atoms with van der Waals surface area (Å²) >= 11 is 1.74. The molecule has 1 rings (SSSR count). The second-order valence-corrected chi connectivity index (χ2v) is 4.78. The van der Waals surface area contributed by atoms with Crippen LogP contribution in [0.5, 0.6) is 0 Å². The van der Waals surface area contributed by atoms with Crippen LogP contribution in [-0.4, -0.2) is 11.5 Å². The lowest BCUT2D eigenvalue weighted by atomic mass is 10.1. The molecule has 1 aromatic heterocycles. The van der Waals surface area contributed by atoms with Crippen LogP contribution in [0.1, 0.15) is 36.2 Å². The van der Waals surface area contributed by atoms with Gasteiger partial charge < -0.3 is 5.32 Å². The molecule has 78 valence electrons. The molecule has 0 aliphatic carbocycles. The van der Waals surface area contributed by atoms with Gasteiger partial charge in [0.2, 0.25) is 0 Å². The lowest BCUT2D eigenvalue weighted by Gasteiger charge is -2.16. The minimum absolute atomic E-state index is 0.279. The minimum atomic E-state index is 0.279. The number of aryl methyl sites for hydroxylation is 1. The Morgan fingerprint density at radius 1 is 1.71 bits per heavy atom. The van der Waals surface area contributed by atoms with E-state index in [1.165, 1.54) is 4.88 Å². The fourth-order valence-corrected chi connectivity index (χ4v) is 2.27. The molecule has 0 aliphatic heterocycles. The first kappa shape index (κ1) is 11.4. The Morgan fingerprint density at radius 2 is 2.43 bits per heavy atom. The van der Waals surface area contributed by atoms with Gasteiger partial charge in [0.25, 0.3) is 0 Å². The van der Waals surface area contributed by atoms with E-state index in [1.54, 1.807) is 11.3 Å². The Kier molecular flexibility index (Phi) is 4.29. The Balaban J connectivity index is 2.72. The summed E-state index contributed by atoms with van der Waals surface area (Å²) in [5.74, 6) is 0. The van der Waals surface area contributed by atoms with E-state index in [1.807, 2.05) is 13.1 Å². The van der Waals surface area contributed by atoms with Crippen LogP contribution < -0.4 is 5.32 Å². The average molecular weight is 210 g/mol. The zero-order valence-electron chi connectivity index (χ0n) is 9.13. The highest BCUT2D eigenvalue weighted by Gasteiger charge is 2.13. The number of nitrogens with zero attached hydrogens (tertiary/aromatic N) is 1. The van der Waals surface area contributed by atoms with Crippen molar-refractivity contribution in [1.82, 2.24) is 10.3 Å². The molecule has 0 radical (unpaired) electrons. The van der Waals surface area contributed by atoms with Crippen molar-refractivity contribution in [3.05, 3.63) is 28.2 Å². The number of rotatable bonds is 5. The quantitative estimate of drug-likeness (QED) is 0.755. The third-order valence-electron chi connectivity index (χ3n) is 2.01. The highest BCUT2D eigenvalue weighted by molar-refractivity contribution is 7.11. The molecule has 0 spiro atoms. The number of nitrogens with one attached hydrogen (secondary N) is 1. The van der Waals surface area contributed by atoms with Crippen molar-refractivity contribution in [2.75, 3.05) is 6.54 Å². The van der Waals surface area contributed by atoms with E-state index in [4.69, 9.17) is 0 Å². The first-order valence-corrected chi connectivity index (χ1v) is 5.78. The summed E-state index contributed by atoms with van der Waals surface area (Å²) in [6.45, 7) is 11.3. The monoisotopic (exact) mass is 210 g/mol. The number of hydrogen-bond donors (Lipinski definition) is 1. The highest BCUT2D eigenvalue weighted by atomic mass is 32.1. The molecule has 0 amide bonds. The summed E-state index contributed by atoms with van der Waals surface area (Å²) in [5.41, 5.74) is 1.15. The molecule has 0 aromatic carbocycles. The lowest BCUT2D eigenvalue weighted by molar-refractivity contribution is 0.597. The van der Waals surface area contributed by atoms with Gasteiger partial charge >= 0.3 is 0 Å². The fourth-order valence-electron chi connectivity index (χ4n) is 1.32. The van der Waals surface area contributed by atoms with Crippen LogP contribution in [0.15, 0.2) is 18.3 Å². The van der Waals surface area contributed by atoms with Crippen molar-refractivity contribution in [3.8, 4) is 0 Å². The first-order chi connectivity index (χ1) is 6.65. The third-order valence-corrected chi connectivity index (χ3v) is 2.99. The molecule has 0 saturated heterocycles. The number of aromatic nitrogens is 1. The standard InChI is InChI=1S/C11H18N2S/c1-5-6-12-11(8(2)3)10-7-13-9(4)14-10/h7,11-12H,2,5-6H2,1,3-4H3. The number of hydrogen-bond acceptors (Lipinski definition) is 3. The molecule has 0 bridgehead atoms. The lowest BCUT2D eigenvalue weighted by Crippen LogP contribution is -2.21. The van der Waals surface area contributed by atoms with Crippen LogP contribution in [-0.2, 0) is 0 Å². The molecular formula is C11H18N2S. The first-order valence-electron chi connectivity index (χ1n) is 4.96. The summed E-state index contributed by atoms with van der Waals surface area (Å²) in [7, 11) is 0. The SMILES string of the molecule is C=C(C)C(NCCC)c1cnc(C)s1. The maximum absolute atomic E-state index is 4.27. The Hall–Kier alpha value is -0.670. The van der Waals surface area contributed by atoms with Crippen LogP contribution in [0.4, 0.5) is 0 Å². The molecule has 14 heavy (non-hydrogen) atoms. The topological polar surface area (TPSA) is 24.9 Å². The van der Waals surface area contributed by atoms with Gasteiger partial charge in [0, 0.05) is 11.1 Å². The van der Waals surface area contributed by atoms with E-state index < -0.39 is 0 Å².